The highest BCUT2D eigenvalue weighted by Crippen LogP contribution is 2.21. The summed E-state index contributed by atoms with van der Waals surface area (Å²) in [4.78, 5) is 12.2. The molecule has 0 bridgehead atoms. The molecule has 1 rings (SSSR count). The van der Waals surface area contributed by atoms with Crippen molar-refractivity contribution < 1.29 is 9.53 Å². The average molecular weight is 263 g/mol. The molecule has 0 aliphatic rings. The summed E-state index contributed by atoms with van der Waals surface area (Å²) >= 11 is 1.36. The van der Waals surface area contributed by atoms with Crippen molar-refractivity contribution >= 4 is 23.4 Å². The van der Waals surface area contributed by atoms with Gasteiger partial charge >= 0.3 is 5.97 Å². The normalized spacial score (nSPS) is 12.2. The van der Waals surface area contributed by atoms with Crippen molar-refractivity contribution in [2.75, 3.05) is 18.7 Å². The Hall–Kier alpha value is -1.68. The number of methoxy groups -OCH3 is 1. The van der Waals surface area contributed by atoms with Crippen LogP contribution >= 0.6 is 11.8 Å². The summed E-state index contributed by atoms with van der Waals surface area (Å²) in [5, 5.41) is 3.22. The topological polar surface area (TPSA) is 38.3 Å². The Morgan fingerprint density at radius 1 is 1.33 bits per heavy atom. The van der Waals surface area contributed by atoms with E-state index in [1.165, 1.54) is 18.9 Å². The molecule has 1 aromatic rings. The lowest BCUT2D eigenvalue weighted by atomic mass is 10.3. The molecule has 0 aromatic heterocycles. The van der Waals surface area contributed by atoms with Crippen LogP contribution in [0.3, 0.4) is 0 Å². The van der Waals surface area contributed by atoms with Gasteiger partial charge in [-0.2, -0.15) is 0 Å². The van der Waals surface area contributed by atoms with Gasteiger partial charge in [-0.25, -0.2) is 4.79 Å². The van der Waals surface area contributed by atoms with Gasteiger partial charge in [-0.1, -0.05) is 24.3 Å². The Bertz CT molecular complexity index is 452. The van der Waals surface area contributed by atoms with Crippen molar-refractivity contribution in [3.05, 3.63) is 53.1 Å². The minimum atomic E-state index is -0.334. The summed E-state index contributed by atoms with van der Waals surface area (Å²) in [6.45, 7) is 1.90. The fourth-order valence-electron chi connectivity index (χ4n) is 1.41. The van der Waals surface area contributed by atoms with Crippen LogP contribution in [0.5, 0.6) is 0 Å². The van der Waals surface area contributed by atoms with Crippen LogP contribution in [0.15, 0.2) is 53.1 Å². The van der Waals surface area contributed by atoms with Crippen molar-refractivity contribution in [2.24, 2.45) is 0 Å². The Morgan fingerprint density at radius 2 is 2.00 bits per heavy atom. The standard InChI is InChI=1S/C14H17NO2S/c1-4-8-12(13(18-3)14(16)17-2)15-11-9-6-5-7-10-11/h4-10,15H,1-3H3/b8-4+,13-12+. The zero-order valence-corrected chi connectivity index (χ0v) is 11.6. The number of para-hydroxylation sites is 1. The molecule has 0 saturated heterocycles. The second-order valence-corrected chi connectivity index (χ2v) is 4.25. The molecule has 0 aliphatic carbocycles. The lowest BCUT2D eigenvalue weighted by molar-refractivity contribution is -0.135. The summed E-state index contributed by atoms with van der Waals surface area (Å²) < 4.78 is 4.78. The Morgan fingerprint density at radius 3 is 2.50 bits per heavy atom. The number of thioether (sulfide) groups is 1. The van der Waals surface area contributed by atoms with Crippen LogP contribution in [-0.2, 0) is 9.53 Å². The fraction of sp³-hybridized carbons (Fsp3) is 0.214. The largest absolute Gasteiger partial charge is 0.465 e. The molecule has 4 heteroatoms. The third-order valence-electron chi connectivity index (χ3n) is 2.21. The van der Waals surface area contributed by atoms with Gasteiger partial charge in [0.2, 0.25) is 0 Å². The van der Waals surface area contributed by atoms with E-state index in [0.29, 0.717) is 4.91 Å². The molecule has 1 aromatic carbocycles. The molecular weight excluding hydrogens is 246 g/mol. The van der Waals surface area contributed by atoms with E-state index < -0.39 is 0 Å². The van der Waals surface area contributed by atoms with E-state index in [1.807, 2.05) is 55.7 Å². The predicted molar refractivity (Wildman–Crippen MR) is 77.4 cm³/mol. The number of anilines is 1. The van der Waals surface area contributed by atoms with Crippen LogP contribution in [0.25, 0.3) is 0 Å². The number of hydrogen-bond acceptors (Lipinski definition) is 4. The zero-order chi connectivity index (χ0) is 13.4. The Labute approximate surface area is 112 Å². The molecular formula is C14H17NO2S. The van der Waals surface area contributed by atoms with Gasteiger partial charge in [0.15, 0.2) is 0 Å². The lowest BCUT2D eigenvalue weighted by Gasteiger charge is -2.11. The van der Waals surface area contributed by atoms with E-state index in [-0.39, 0.29) is 5.97 Å². The number of ether oxygens (including phenoxy) is 1. The maximum absolute atomic E-state index is 11.7. The molecule has 0 atom stereocenters. The monoisotopic (exact) mass is 263 g/mol. The molecule has 0 spiro atoms. The number of esters is 1. The molecule has 0 aliphatic heterocycles. The molecule has 18 heavy (non-hydrogen) atoms. The molecule has 3 nitrogen and oxygen atoms in total. The molecule has 0 fully saturated rings. The van der Waals surface area contributed by atoms with Crippen LogP contribution in [-0.4, -0.2) is 19.3 Å². The number of carbonyl (C=O) groups is 1. The average Bonchev–Trinajstić information content (AvgIpc) is 2.40. The van der Waals surface area contributed by atoms with Crippen LogP contribution in [0.1, 0.15) is 6.92 Å². The van der Waals surface area contributed by atoms with E-state index in [2.05, 4.69) is 5.32 Å². The van der Waals surface area contributed by atoms with Gasteiger partial charge in [0.05, 0.1) is 12.8 Å². The molecule has 0 radical (unpaired) electrons. The number of carbonyl (C=O) groups excluding carboxylic acids is 1. The number of hydrogen-bond donors (Lipinski definition) is 1. The molecule has 0 amide bonds. The first-order chi connectivity index (χ1) is 8.72. The number of rotatable bonds is 5. The Kier molecular flexibility index (Phi) is 6.08. The van der Waals surface area contributed by atoms with Gasteiger partial charge in [-0.3, -0.25) is 0 Å². The van der Waals surface area contributed by atoms with Gasteiger partial charge < -0.3 is 10.1 Å². The highest BCUT2D eigenvalue weighted by molar-refractivity contribution is 8.03. The summed E-state index contributed by atoms with van der Waals surface area (Å²) in [6, 6.07) is 9.70. The third kappa shape index (κ3) is 3.96. The molecule has 0 unspecified atom stereocenters. The van der Waals surface area contributed by atoms with Gasteiger partial charge in [0, 0.05) is 5.69 Å². The third-order valence-corrected chi connectivity index (χ3v) is 3.00. The molecule has 1 N–H and O–H groups in total. The first-order valence-corrected chi connectivity index (χ1v) is 6.76. The second-order valence-electron chi connectivity index (χ2n) is 3.43. The van der Waals surface area contributed by atoms with Crippen molar-refractivity contribution in [1.29, 1.82) is 0 Å². The van der Waals surface area contributed by atoms with Gasteiger partial charge in [-0.15, -0.1) is 11.8 Å². The van der Waals surface area contributed by atoms with Gasteiger partial charge in [0.25, 0.3) is 0 Å². The minimum absolute atomic E-state index is 0.334. The number of benzene rings is 1. The number of nitrogens with one attached hydrogen (secondary N) is 1. The first kappa shape index (κ1) is 14.4. The van der Waals surface area contributed by atoms with Crippen molar-refractivity contribution in [1.82, 2.24) is 0 Å². The Balaban J connectivity index is 3.08. The van der Waals surface area contributed by atoms with Crippen LogP contribution in [0.4, 0.5) is 5.69 Å². The zero-order valence-electron chi connectivity index (χ0n) is 10.8. The van der Waals surface area contributed by atoms with E-state index in [9.17, 15) is 4.79 Å². The molecule has 96 valence electrons. The number of allylic oxidation sites excluding steroid dienone is 2. The summed E-state index contributed by atoms with van der Waals surface area (Å²) in [5.74, 6) is -0.334. The molecule has 0 heterocycles. The lowest BCUT2D eigenvalue weighted by Crippen LogP contribution is -2.09. The van der Waals surface area contributed by atoms with Crippen molar-refractivity contribution in [2.45, 2.75) is 6.92 Å². The maximum Gasteiger partial charge on any atom is 0.346 e. The minimum Gasteiger partial charge on any atom is -0.465 e. The molecule has 0 saturated carbocycles. The van der Waals surface area contributed by atoms with Gasteiger partial charge in [-0.05, 0) is 31.4 Å². The van der Waals surface area contributed by atoms with Crippen molar-refractivity contribution in [3.8, 4) is 0 Å². The highest BCUT2D eigenvalue weighted by atomic mass is 32.2. The van der Waals surface area contributed by atoms with E-state index >= 15 is 0 Å². The van der Waals surface area contributed by atoms with Gasteiger partial charge in [0.1, 0.15) is 4.91 Å². The quantitative estimate of drug-likeness (QED) is 0.502. The van der Waals surface area contributed by atoms with E-state index in [1.54, 1.807) is 0 Å². The van der Waals surface area contributed by atoms with E-state index in [0.717, 1.165) is 11.4 Å². The smallest absolute Gasteiger partial charge is 0.346 e. The van der Waals surface area contributed by atoms with Crippen LogP contribution in [0, 0.1) is 0 Å². The highest BCUT2D eigenvalue weighted by Gasteiger charge is 2.13. The van der Waals surface area contributed by atoms with Crippen LogP contribution < -0.4 is 5.32 Å². The summed E-state index contributed by atoms with van der Waals surface area (Å²) in [6.07, 6.45) is 5.59. The SMILES string of the molecule is C/C=C/C(Nc1ccccc1)=C(\SC)C(=O)OC. The van der Waals surface area contributed by atoms with Crippen LogP contribution in [0.2, 0.25) is 0 Å². The summed E-state index contributed by atoms with van der Waals surface area (Å²) in [7, 11) is 1.38. The summed E-state index contributed by atoms with van der Waals surface area (Å²) in [5.41, 5.74) is 1.67. The first-order valence-electron chi connectivity index (χ1n) is 5.54. The predicted octanol–water partition coefficient (Wildman–Crippen LogP) is 3.42. The fourth-order valence-corrected chi connectivity index (χ4v) is 2.00. The second kappa shape index (κ2) is 7.61. The van der Waals surface area contributed by atoms with Crippen molar-refractivity contribution in [3.63, 3.8) is 0 Å². The maximum atomic E-state index is 11.7. The van der Waals surface area contributed by atoms with E-state index in [4.69, 9.17) is 4.74 Å².